The quantitative estimate of drug-likeness (QED) is 0.148. The average Bonchev–Trinajstić information content (AvgIpc) is 3.98. The minimum Gasteiger partial charge on any atom is -0.357 e. The van der Waals surface area contributed by atoms with Crippen molar-refractivity contribution in [3.05, 3.63) is 146 Å². The van der Waals surface area contributed by atoms with Crippen molar-refractivity contribution in [2.75, 3.05) is 0 Å². The normalized spacial score (nSPS) is 12.0. The summed E-state index contributed by atoms with van der Waals surface area (Å²) in [5.74, 6) is 2.14. The van der Waals surface area contributed by atoms with Crippen LogP contribution in [0.3, 0.4) is 0 Å². The topological polar surface area (TPSA) is 123 Å². The summed E-state index contributed by atoms with van der Waals surface area (Å²) in [6.45, 7) is 0. The largest absolute Gasteiger partial charge is 0.357 e. The molecule has 0 radical (unpaired) electrons. The average molecular weight is 780 g/mol. The molecule has 0 spiro atoms. The van der Waals surface area contributed by atoms with Gasteiger partial charge in [0.2, 0.25) is 0 Å². The summed E-state index contributed by atoms with van der Waals surface area (Å²) in [4.78, 5) is 41.6. The van der Waals surface area contributed by atoms with Crippen molar-refractivity contribution < 1.29 is 21.0 Å². The molecule has 2 aliphatic heterocycles. The van der Waals surface area contributed by atoms with Crippen LogP contribution in [0.25, 0.3) is 133 Å². The smallest absolute Gasteiger partial charge is 0.0928 e. The van der Waals surface area contributed by atoms with Crippen molar-refractivity contribution in [3.63, 3.8) is 0 Å². The van der Waals surface area contributed by atoms with Gasteiger partial charge in [0.1, 0.15) is 0 Å². The minimum atomic E-state index is 0.535. The fraction of sp³-hybridized carbons (Fsp3) is 0. The molecule has 0 unspecified atom stereocenters. The molecule has 0 fully saturated rings. The van der Waals surface area contributed by atoms with E-state index in [9.17, 15) is 0 Å². The van der Waals surface area contributed by atoms with Crippen molar-refractivity contribution >= 4 is 87.2 Å². The number of hydrogen-bond donors (Lipinski definition) is 0. The standard InChI is InChI=1S/C48H24N8.O.V/c1-2-10-26-18-34-33(17-25(26)9-1)41-49-42(34)54-44-37-21-29-13-5-6-14-30(29)22-38(37)46(51-44)56-48-40-24-32-16-8-7-15-31(32)23-39(40)47(52-48)55-45-36-20-28-12-4-3-11-27(28)19-35(36)43(50-45)53-41;;/h1-24H;;/q-2;;+2. The first-order valence-corrected chi connectivity index (χ1v) is 19.3. The summed E-state index contributed by atoms with van der Waals surface area (Å²) in [6, 6.07) is 50.4. The molecule has 10 heteroatoms. The minimum absolute atomic E-state index is 0.535. The zero-order valence-corrected chi connectivity index (χ0v) is 31.7. The van der Waals surface area contributed by atoms with Gasteiger partial charge in [-0.2, -0.15) is 0 Å². The molecule has 2 aliphatic rings. The monoisotopic (exact) mass is 779 g/mol. The van der Waals surface area contributed by atoms with Gasteiger partial charge >= 0.3 is 21.0 Å². The first kappa shape index (κ1) is 32.8. The van der Waals surface area contributed by atoms with Gasteiger partial charge in [0.15, 0.2) is 0 Å². The Balaban J connectivity index is 0.00000181. The fourth-order valence-corrected chi connectivity index (χ4v) is 8.41. The maximum atomic E-state index is 8.19. The SMILES string of the molecule is [O]=[V+2].c1ccc2cc3c(cc2c1)-c1nc-3nc2[n-]c(nc3nc(nc4[n-]c(n1)c1cc5ccccc5cc41)-c1cc4ccccc4cc1-3)c1cc3ccccc3cc21. The van der Waals surface area contributed by atoms with Crippen LogP contribution in [-0.2, 0) is 21.0 Å². The van der Waals surface area contributed by atoms with Crippen LogP contribution in [0.4, 0.5) is 0 Å². The maximum Gasteiger partial charge on any atom is 0.0928 e. The second-order valence-corrected chi connectivity index (χ2v) is 14.5. The van der Waals surface area contributed by atoms with Crippen LogP contribution < -0.4 is 9.97 Å². The van der Waals surface area contributed by atoms with Crippen molar-refractivity contribution in [1.82, 2.24) is 39.9 Å². The van der Waals surface area contributed by atoms with Crippen LogP contribution in [0.5, 0.6) is 0 Å². The van der Waals surface area contributed by atoms with Crippen LogP contribution in [0.2, 0.25) is 0 Å². The van der Waals surface area contributed by atoms with E-state index < -0.39 is 0 Å². The van der Waals surface area contributed by atoms with E-state index in [1.807, 2.05) is 48.5 Å². The Morgan fingerprint density at radius 2 is 0.500 bits per heavy atom. The molecule has 3 aromatic heterocycles. The van der Waals surface area contributed by atoms with Gasteiger partial charge in [0.05, 0.1) is 23.3 Å². The zero-order chi connectivity index (χ0) is 38.5. The van der Waals surface area contributed by atoms with Gasteiger partial charge in [0.25, 0.3) is 0 Å². The van der Waals surface area contributed by atoms with E-state index in [1.165, 1.54) is 0 Å². The van der Waals surface area contributed by atoms with E-state index in [4.69, 9.17) is 43.5 Å². The third-order valence-electron chi connectivity index (χ3n) is 11.2. The molecule has 0 amide bonds. The second kappa shape index (κ2) is 12.5. The third kappa shape index (κ3) is 4.97. The molecule has 0 saturated carbocycles. The Hall–Kier alpha value is -7.46. The van der Waals surface area contributed by atoms with Crippen LogP contribution in [0.15, 0.2) is 146 Å². The van der Waals surface area contributed by atoms with E-state index in [-0.39, 0.29) is 0 Å². The van der Waals surface area contributed by atoms with Gasteiger partial charge in [0, 0.05) is 44.8 Å². The Morgan fingerprint density at radius 1 is 0.293 bits per heavy atom. The van der Waals surface area contributed by atoms with Gasteiger partial charge in [-0.1, -0.05) is 97.1 Å². The van der Waals surface area contributed by atoms with Crippen molar-refractivity contribution in [2.45, 2.75) is 0 Å². The molecule has 0 atom stereocenters. The van der Waals surface area contributed by atoms with E-state index in [1.54, 1.807) is 0 Å². The summed E-state index contributed by atoms with van der Waals surface area (Å²) < 4.78 is 8.19. The molecule has 0 aliphatic carbocycles. The molecule has 5 heterocycles. The Kier molecular flexibility index (Phi) is 7.07. The number of nitrogens with zero attached hydrogens (tertiary/aromatic N) is 8. The summed E-state index contributed by atoms with van der Waals surface area (Å²) in [5.41, 5.74) is 5.67. The Labute approximate surface area is 337 Å². The summed E-state index contributed by atoms with van der Waals surface area (Å²) >= 11 is 1.06. The first-order chi connectivity index (χ1) is 28.7. The van der Waals surface area contributed by atoms with Crippen LogP contribution >= 0.6 is 0 Å². The molecule has 8 aromatic carbocycles. The van der Waals surface area contributed by atoms with Crippen LogP contribution in [0, 0.1) is 0 Å². The molecule has 13 rings (SSSR count). The maximum absolute atomic E-state index is 8.19. The van der Waals surface area contributed by atoms with Crippen molar-refractivity contribution in [1.29, 1.82) is 0 Å². The molecule has 58 heavy (non-hydrogen) atoms. The zero-order valence-electron chi connectivity index (χ0n) is 30.3. The van der Waals surface area contributed by atoms with Gasteiger partial charge in [-0.3, -0.25) is 0 Å². The van der Waals surface area contributed by atoms with Crippen LogP contribution in [0.1, 0.15) is 0 Å². The number of rotatable bonds is 0. The fourth-order valence-electron chi connectivity index (χ4n) is 8.41. The van der Waals surface area contributed by atoms with E-state index in [2.05, 4.69) is 97.1 Å². The van der Waals surface area contributed by atoms with E-state index >= 15 is 0 Å². The molecule has 267 valence electrons. The number of aromatic nitrogens is 8. The van der Waals surface area contributed by atoms with Gasteiger partial charge in [-0.25, -0.2) is 9.97 Å². The summed E-state index contributed by atoms with van der Waals surface area (Å²) in [7, 11) is 0. The summed E-state index contributed by atoms with van der Waals surface area (Å²) in [6.07, 6.45) is 0. The summed E-state index contributed by atoms with van der Waals surface area (Å²) in [5, 5.41) is 12.2. The van der Waals surface area contributed by atoms with E-state index in [0.29, 0.717) is 45.9 Å². The predicted molar refractivity (Wildman–Crippen MR) is 225 cm³/mol. The molecule has 8 bridgehead atoms. The van der Waals surface area contributed by atoms with Gasteiger partial charge in [-0.05, 0) is 113 Å². The molecule has 11 aromatic rings. The number of fused-ring (bicyclic) bond motifs is 24. The Morgan fingerprint density at radius 3 is 0.724 bits per heavy atom. The second-order valence-electron chi connectivity index (χ2n) is 14.5. The molecule has 0 saturated heterocycles. The predicted octanol–water partition coefficient (Wildman–Crippen LogP) is 10.6. The molecular formula is C48H24N8OV. The first-order valence-electron chi connectivity index (χ1n) is 18.7. The van der Waals surface area contributed by atoms with Crippen LogP contribution in [-0.4, -0.2) is 29.9 Å². The van der Waals surface area contributed by atoms with Crippen molar-refractivity contribution in [3.8, 4) is 45.6 Å². The van der Waals surface area contributed by atoms with E-state index in [0.717, 1.165) is 104 Å². The molecule has 9 nitrogen and oxygen atoms in total. The number of benzene rings is 8. The number of hydrogen-bond acceptors (Lipinski definition) is 7. The van der Waals surface area contributed by atoms with Gasteiger partial charge in [-0.15, -0.1) is 0 Å². The van der Waals surface area contributed by atoms with Gasteiger partial charge < -0.3 is 29.9 Å². The Bertz CT molecular complexity index is 3280. The molecular weight excluding hydrogens is 756 g/mol. The van der Waals surface area contributed by atoms with Crippen molar-refractivity contribution in [2.24, 2.45) is 0 Å². The molecule has 0 N–H and O–H groups in total. The third-order valence-corrected chi connectivity index (χ3v) is 11.2.